The van der Waals surface area contributed by atoms with Crippen LogP contribution in [0.2, 0.25) is 0 Å². The molecule has 1 aliphatic rings. The van der Waals surface area contributed by atoms with Crippen LogP contribution >= 0.6 is 23.1 Å². The van der Waals surface area contributed by atoms with Crippen LogP contribution in [0, 0.1) is 13.8 Å². The fourth-order valence-electron chi connectivity index (χ4n) is 3.52. The lowest BCUT2D eigenvalue weighted by molar-refractivity contribution is -0.131. The minimum absolute atomic E-state index is 0.00511. The van der Waals surface area contributed by atoms with Gasteiger partial charge in [-0.3, -0.25) is 14.2 Å². The van der Waals surface area contributed by atoms with Gasteiger partial charge in [0, 0.05) is 23.5 Å². The molecule has 5 nitrogen and oxygen atoms in total. The number of aromatic nitrogens is 2. The molecule has 142 valence electrons. The van der Waals surface area contributed by atoms with Crippen molar-refractivity contribution < 1.29 is 4.79 Å². The van der Waals surface area contributed by atoms with Gasteiger partial charge in [-0.15, -0.1) is 11.3 Å². The molecule has 1 fully saturated rings. The van der Waals surface area contributed by atoms with Gasteiger partial charge in [0.1, 0.15) is 4.83 Å². The van der Waals surface area contributed by atoms with Gasteiger partial charge in [-0.25, -0.2) is 4.98 Å². The highest BCUT2D eigenvalue weighted by Gasteiger charge is 2.24. The molecule has 26 heavy (non-hydrogen) atoms. The number of aryl methyl sites for hydroxylation is 2. The van der Waals surface area contributed by atoms with Crippen LogP contribution in [0.5, 0.6) is 0 Å². The van der Waals surface area contributed by atoms with Crippen molar-refractivity contribution in [3.05, 3.63) is 20.8 Å². The number of carbonyl (C=O) groups excluding carboxylic acids is 1. The molecule has 2 aromatic heterocycles. The van der Waals surface area contributed by atoms with Crippen LogP contribution in [-0.4, -0.2) is 38.7 Å². The molecule has 0 saturated carbocycles. The number of likely N-dealkylation sites (tertiary alicyclic amines) is 1. The molecule has 7 heteroatoms. The van der Waals surface area contributed by atoms with Gasteiger partial charge in [-0.1, -0.05) is 11.8 Å². The van der Waals surface area contributed by atoms with E-state index in [4.69, 9.17) is 4.98 Å². The van der Waals surface area contributed by atoms with Crippen molar-refractivity contribution in [1.82, 2.24) is 14.5 Å². The zero-order valence-electron chi connectivity index (χ0n) is 16.2. The summed E-state index contributed by atoms with van der Waals surface area (Å²) in [6.45, 7) is 10.9. The Hall–Kier alpha value is -1.34. The lowest BCUT2D eigenvalue weighted by atomic mass is 10.0. The monoisotopic (exact) mass is 393 g/mol. The second-order valence-electron chi connectivity index (χ2n) is 7.35. The molecule has 0 bridgehead atoms. The van der Waals surface area contributed by atoms with E-state index in [9.17, 15) is 9.59 Å². The smallest absolute Gasteiger partial charge is 0.263 e. The highest BCUT2D eigenvalue weighted by molar-refractivity contribution is 7.99. The first kappa shape index (κ1) is 19.4. The van der Waals surface area contributed by atoms with E-state index >= 15 is 0 Å². The van der Waals surface area contributed by atoms with E-state index in [-0.39, 0.29) is 17.5 Å². The fourth-order valence-corrected chi connectivity index (χ4v) is 5.61. The first-order valence-corrected chi connectivity index (χ1v) is 11.1. The number of amides is 1. The third-order valence-corrected chi connectivity index (χ3v) is 7.21. The van der Waals surface area contributed by atoms with Crippen LogP contribution in [0.1, 0.15) is 56.5 Å². The topological polar surface area (TPSA) is 55.2 Å². The number of rotatable bonds is 4. The molecule has 3 rings (SSSR count). The zero-order chi connectivity index (χ0) is 19.0. The normalized spacial score (nSPS) is 18.1. The summed E-state index contributed by atoms with van der Waals surface area (Å²) >= 11 is 2.95. The summed E-state index contributed by atoms with van der Waals surface area (Å²) in [5, 5.41) is 1.37. The maximum atomic E-state index is 13.0. The Morgan fingerprint density at radius 1 is 1.35 bits per heavy atom. The Kier molecular flexibility index (Phi) is 5.77. The second kappa shape index (κ2) is 7.72. The molecule has 0 aromatic carbocycles. The van der Waals surface area contributed by atoms with E-state index in [0.29, 0.717) is 17.0 Å². The van der Waals surface area contributed by atoms with Crippen molar-refractivity contribution in [3.63, 3.8) is 0 Å². The average Bonchev–Trinajstić information content (AvgIpc) is 2.87. The van der Waals surface area contributed by atoms with Gasteiger partial charge < -0.3 is 4.90 Å². The van der Waals surface area contributed by atoms with E-state index in [1.54, 1.807) is 15.9 Å². The molecule has 2 aromatic rings. The molecule has 1 saturated heterocycles. The highest BCUT2D eigenvalue weighted by Crippen LogP contribution is 2.29. The standard InChI is InChI=1S/C19H27N3O2S2/c1-11(2)22-18(24)16-13(4)14(5)26-17(16)20-19(22)25-10-15(23)21-9-7-6-8-12(21)3/h11-12H,6-10H2,1-5H3/t12-/m1/s1. The van der Waals surface area contributed by atoms with E-state index in [1.807, 2.05) is 32.6 Å². The molecular weight excluding hydrogens is 366 g/mol. The van der Waals surface area contributed by atoms with Crippen LogP contribution in [0.3, 0.4) is 0 Å². The average molecular weight is 394 g/mol. The number of carbonyl (C=O) groups is 1. The molecule has 3 heterocycles. The summed E-state index contributed by atoms with van der Waals surface area (Å²) in [6.07, 6.45) is 3.35. The molecule has 1 aliphatic heterocycles. The van der Waals surface area contributed by atoms with E-state index in [0.717, 1.165) is 40.0 Å². The summed E-state index contributed by atoms with van der Waals surface area (Å²) < 4.78 is 1.74. The van der Waals surface area contributed by atoms with Gasteiger partial charge in [0.2, 0.25) is 5.91 Å². The van der Waals surface area contributed by atoms with Crippen LogP contribution < -0.4 is 5.56 Å². The highest BCUT2D eigenvalue weighted by atomic mass is 32.2. The van der Waals surface area contributed by atoms with Gasteiger partial charge in [0.25, 0.3) is 5.56 Å². The SMILES string of the molecule is Cc1sc2nc(SCC(=O)N3CCCC[C@H]3C)n(C(C)C)c(=O)c2c1C. The second-order valence-corrected chi connectivity index (χ2v) is 9.49. The summed E-state index contributed by atoms with van der Waals surface area (Å²) in [6, 6.07) is 0.313. The van der Waals surface area contributed by atoms with Crippen molar-refractivity contribution in [2.45, 2.75) is 71.1 Å². The third kappa shape index (κ3) is 3.56. The molecule has 0 unspecified atom stereocenters. The number of hydrogen-bond acceptors (Lipinski definition) is 5. The maximum absolute atomic E-state index is 13.0. The van der Waals surface area contributed by atoms with Crippen LogP contribution in [-0.2, 0) is 4.79 Å². The van der Waals surface area contributed by atoms with Crippen molar-refractivity contribution in [2.75, 3.05) is 12.3 Å². The number of piperidine rings is 1. The van der Waals surface area contributed by atoms with Gasteiger partial charge in [0.05, 0.1) is 11.1 Å². The van der Waals surface area contributed by atoms with Gasteiger partial charge in [-0.2, -0.15) is 0 Å². The lowest BCUT2D eigenvalue weighted by Crippen LogP contribution is -2.43. The molecule has 0 radical (unpaired) electrons. The minimum atomic E-state index is 0.00511. The number of hydrogen-bond donors (Lipinski definition) is 0. The molecule has 1 amide bonds. The van der Waals surface area contributed by atoms with Crippen molar-refractivity contribution in [2.24, 2.45) is 0 Å². The molecule has 0 spiro atoms. The summed E-state index contributed by atoms with van der Waals surface area (Å²) in [5.74, 6) is 0.476. The van der Waals surface area contributed by atoms with E-state index in [1.165, 1.54) is 18.2 Å². The van der Waals surface area contributed by atoms with Crippen molar-refractivity contribution >= 4 is 39.2 Å². The van der Waals surface area contributed by atoms with Crippen LogP contribution in [0.4, 0.5) is 0 Å². The van der Waals surface area contributed by atoms with Gasteiger partial charge in [-0.05, 0) is 59.4 Å². The number of nitrogens with zero attached hydrogens (tertiary/aromatic N) is 3. The first-order chi connectivity index (χ1) is 12.3. The van der Waals surface area contributed by atoms with E-state index < -0.39 is 0 Å². The molecular formula is C19H27N3O2S2. The van der Waals surface area contributed by atoms with Crippen LogP contribution in [0.15, 0.2) is 9.95 Å². The Morgan fingerprint density at radius 3 is 2.73 bits per heavy atom. The van der Waals surface area contributed by atoms with Crippen molar-refractivity contribution in [3.8, 4) is 0 Å². The number of thioether (sulfide) groups is 1. The fraction of sp³-hybridized carbons (Fsp3) is 0.632. The van der Waals surface area contributed by atoms with Gasteiger partial charge in [0.15, 0.2) is 5.16 Å². The van der Waals surface area contributed by atoms with E-state index in [2.05, 4.69) is 6.92 Å². The van der Waals surface area contributed by atoms with Crippen LogP contribution in [0.25, 0.3) is 10.2 Å². The van der Waals surface area contributed by atoms with Gasteiger partial charge >= 0.3 is 0 Å². The largest absolute Gasteiger partial charge is 0.339 e. The zero-order valence-corrected chi connectivity index (χ0v) is 17.8. The Balaban J connectivity index is 1.90. The quantitative estimate of drug-likeness (QED) is 0.578. The maximum Gasteiger partial charge on any atom is 0.263 e. The molecule has 1 atom stereocenters. The third-order valence-electron chi connectivity index (χ3n) is 5.17. The summed E-state index contributed by atoms with van der Waals surface area (Å²) in [7, 11) is 0. The predicted octanol–water partition coefficient (Wildman–Crippen LogP) is 4.15. The van der Waals surface area contributed by atoms with Crippen molar-refractivity contribution in [1.29, 1.82) is 0 Å². The first-order valence-electron chi connectivity index (χ1n) is 9.25. The minimum Gasteiger partial charge on any atom is -0.339 e. The molecule has 0 aliphatic carbocycles. The lowest BCUT2D eigenvalue weighted by Gasteiger charge is -2.33. The predicted molar refractivity (Wildman–Crippen MR) is 109 cm³/mol. The summed E-state index contributed by atoms with van der Waals surface area (Å²) in [5.41, 5.74) is 1.03. The summed E-state index contributed by atoms with van der Waals surface area (Å²) in [4.78, 5) is 34.3. The number of fused-ring (bicyclic) bond motifs is 1. The Morgan fingerprint density at radius 2 is 2.08 bits per heavy atom. The Labute approximate surface area is 162 Å². The Bertz CT molecular complexity index is 885. The number of thiophene rings is 1. The molecule has 0 N–H and O–H groups in total.